The summed E-state index contributed by atoms with van der Waals surface area (Å²) < 4.78 is 12.2. The largest absolute Gasteiger partial charge is 0.496 e. The van der Waals surface area contributed by atoms with E-state index in [4.69, 9.17) is 21.4 Å². The van der Waals surface area contributed by atoms with Crippen LogP contribution >= 0.6 is 28.1 Å². The van der Waals surface area contributed by atoms with Gasteiger partial charge in [0.05, 0.1) is 12.7 Å². The Morgan fingerprint density at radius 2 is 1.79 bits per heavy atom. The summed E-state index contributed by atoms with van der Waals surface area (Å²) in [6.07, 6.45) is 0. The lowest BCUT2D eigenvalue weighted by Crippen LogP contribution is -2.34. The molecule has 0 aliphatic carbocycles. The van der Waals surface area contributed by atoms with Gasteiger partial charge < -0.3 is 14.5 Å². The van der Waals surface area contributed by atoms with Crippen LogP contribution in [0.4, 0.5) is 5.69 Å². The van der Waals surface area contributed by atoms with Crippen LogP contribution in [-0.4, -0.2) is 23.1 Å². The third kappa shape index (κ3) is 4.50. The molecule has 8 heteroatoms. The highest BCUT2D eigenvalue weighted by Crippen LogP contribution is 2.28. The molecular weight excluding hydrogens is 514 g/mol. The number of thiocarbonyl (C=S) groups is 1. The summed E-state index contributed by atoms with van der Waals surface area (Å²) in [5.41, 5.74) is 3.27. The van der Waals surface area contributed by atoms with Gasteiger partial charge in [-0.05, 0) is 71.5 Å². The molecule has 5 rings (SSSR count). The Morgan fingerprint density at radius 3 is 2.56 bits per heavy atom. The summed E-state index contributed by atoms with van der Waals surface area (Å²) in [7, 11) is 1.53. The lowest BCUT2D eigenvalue weighted by molar-refractivity contribution is 0.0975. The second-order valence-electron chi connectivity index (χ2n) is 7.52. The van der Waals surface area contributed by atoms with Crippen LogP contribution in [0.25, 0.3) is 33.3 Å². The van der Waals surface area contributed by atoms with E-state index in [1.807, 2.05) is 72.8 Å². The second kappa shape index (κ2) is 9.24. The van der Waals surface area contributed by atoms with Crippen LogP contribution in [0, 0.1) is 0 Å². The Hall–Kier alpha value is -3.75. The summed E-state index contributed by atoms with van der Waals surface area (Å²) in [6.45, 7) is 0. The molecule has 0 radical (unpaired) electrons. The Labute approximate surface area is 209 Å². The molecule has 0 aliphatic rings. The van der Waals surface area contributed by atoms with E-state index in [0.717, 1.165) is 20.8 Å². The Balaban J connectivity index is 1.33. The average molecular weight is 532 g/mol. The van der Waals surface area contributed by atoms with Gasteiger partial charge in [-0.1, -0.05) is 46.3 Å². The highest BCUT2D eigenvalue weighted by molar-refractivity contribution is 9.10. The number of halogens is 1. The van der Waals surface area contributed by atoms with Gasteiger partial charge in [0.1, 0.15) is 11.3 Å². The molecule has 34 heavy (non-hydrogen) atoms. The fraction of sp³-hybridized carbons (Fsp3) is 0.0385. The molecule has 0 atom stereocenters. The number of amides is 1. The number of methoxy groups -OCH3 is 1. The number of nitrogens with one attached hydrogen (secondary N) is 2. The summed E-state index contributed by atoms with van der Waals surface area (Å²) >= 11 is 8.84. The number of anilines is 1. The molecule has 4 aromatic carbocycles. The number of hydrogen-bond acceptors (Lipinski definition) is 5. The van der Waals surface area contributed by atoms with Crippen molar-refractivity contribution in [1.29, 1.82) is 0 Å². The maximum Gasteiger partial charge on any atom is 0.261 e. The Bertz CT molecular complexity index is 1560. The number of aromatic nitrogens is 1. The van der Waals surface area contributed by atoms with Crippen molar-refractivity contribution in [1.82, 2.24) is 10.3 Å². The van der Waals surface area contributed by atoms with Crippen molar-refractivity contribution in [3.8, 4) is 17.2 Å². The Kier molecular flexibility index (Phi) is 6.00. The van der Waals surface area contributed by atoms with E-state index in [1.165, 1.54) is 7.11 Å². The van der Waals surface area contributed by atoms with Gasteiger partial charge in [0, 0.05) is 15.7 Å². The first-order valence-electron chi connectivity index (χ1n) is 10.4. The topological polar surface area (TPSA) is 76.4 Å². The van der Waals surface area contributed by atoms with Gasteiger partial charge in [-0.2, -0.15) is 0 Å². The quantitative estimate of drug-likeness (QED) is 0.256. The molecule has 1 amide bonds. The van der Waals surface area contributed by atoms with Gasteiger partial charge in [-0.3, -0.25) is 10.1 Å². The summed E-state index contributed by atoms with van der Waals surface area (Å²) in [5.74, 6) is 0.635. The number of carbonyl (C=O) groups excluding carboxylic acids is 1. The van der Waals surface area contributed by atoms with Crippen LogP contribution in [0.2, 0.25) is 0 Å². The van der Waals surface area contributed by atoms with Gasteiger partial charge in [0.2, 0.25) is 5.89 Å². The van der Waals surface area contributed by atoms with Crippen LogP contribution < -0.4 is 15.4 Å². The van der Waals surface area contributed by atoms with E-state index in [-0.39, 0.29) is 11.0 Å². The number of rotatable bonds is 4. The minimum absolute atomic E-state index is 0.162. The van der Waals surface area contributed by atoms with Crippen molar-refractivity contribution in [3.05, 3.63) is 88.9 Å². The van der Waals surface area contributed by atoms with Gasteiger partial charge in [-0.15, -0.1) is 0 Å². The molecule has 0 spiro atoms. The summed E-state index contributed by atoms with van der Waals surface area (Å²) in [4.78, 5) is 17.5. The summed E-state index contributed by atoms with van der Waals surface area (Å²) in [6, 6.07) is 24.6. The number of benzene rings is 4. The van der Waals surface area contributed by atoms with Crippen LogP contribution in [0.3, 0.4) is 0 Å². The van der Waals surface area contributed by atoms with E-state index in [1.54, 1.807) is 6.07 Å². The zero-order valence-corrected chi connectivity index (χ0v) is 20.4. The maximum absolute atomic E-state index is 12.9. The third-order valence-electron chi connectivity index (χ3n) is 5.26. The SMILES string of the molecule is COc1cc2ccccc2cc1C(=O)NC(=S)Nc1ccc2oc(-c3cccc(Br)c3)nc2c1. The highest BCUT2D eigenvalue weighted by atomic mass is 79.9. The zero-order valence-electron chi connectivity index (χ0n) is 18.0. The van der Waals surface area contributed by atoms with Crippen molar-refractivity contribution in [3.63, 3.8) is 0 Å². The molecule has 2 N–H and O–H groups in total. The predicted octanol–water partition coefficient (Wildman–Crippen LogP) is 6.55. The van der Waals surface area contributed by atoms with Gasteiger partial charge >= 0.3 is 0 Å². The monoisotopic (exact) mass is 531 g/mol. The van der Waals surface area contributed by atoms with Crippen LogP contribution in [0.15, 0.2) is 87.8 Å². The first-order valence-corrected chi connectivity index (χ1v) is 11.6. The van der Waals surface area contributed by atoms with E-state index in [0.29, 0.717) is 34.0 Å². The smallest absolute Gasteiger partial charge is 0.261 e. The molecule has 6 nitrogen and oxygen atoms in total. The van der Waals surface area contributed by atoms with Gasteiger partial charge in [0.25, 0.3) is 5.91 Å². The molecule has 0 bridgehead atoms. The van der Waals surface area contributed by atoms with E-state index in [2.05, 4.69) is 31.5 Å². The Morgan fingerprint density at radius 1 is 1.00 bits per heavy atom. The number of oxazole rings is 1. The molecule has 0 saturated heterocycles. The van der Waals surface area contributed by atoms with Crippen molar-refractivity contribution in [2.24, 2.45) is 0 Å². The molecule has 1 aromatic heterocycles. The van der Waals surface area contributed by atoms with Crippen LogP contribution in [0.5, 0.6) is 5.75 Å². The zero-order chi connectivity index (χ0) is 23.7. The number of hydrogen-bond donors (Lipinski definition) is 2. The molecule has 0 saturated carbocycles. The normalized spacial score (nSPS) is 10.9. The van der Waals surface area contributed by atoms with Crippen molar-refractivity contribution < 1.29 is 13.9 Å². The fourth-order valence-electron chi connectivity index (χ4n) is 3.65. The summed E-state index contributed by atoms with van der Waals surface area (Å²) in [5, 5.41) is 7.84. The first-order chi connectivity index (χ1) is 16.5. The van der Waals surface area contributed by atoms with Crippen molar-refractivity contribution in [2.45, 2.75) is 0 Å². The van der Waals surface area contributed by atoms with Crippen LogP contribution in [-0.2, 0) is 0 Å². The molecule has 0 aliphatic heterocycles. The average Bonchev–Trinajstić information content (AvgIpc) is 3.26. The highest BCUT2D eigenvalue weighted by Gasteiger charge is 2.16. The predicted molar refractivity (Wildman–Crippen MR) is 141 cm³/mol. The fourth-order valence-corrected chi connectivity index (χ4v) is 4.26. The first kappa shape index (κ1) is 22.1. The minimum Gasteiger partial charge on any atom is -0.496 e. The van der Waals surface area contributed by atoms with E-state index < -0.39 is 0 Å². The van der Waals surface area contributed by atoms with Crippen molar-refractivity contribution >= 4 is 66.7 Å². The molecular formula is C26H18BrN3O3S. The number of fused-ring (bicyclic) bond motifs is 2. The lowest BCUT2D eigenvalue weighted by Gasteiger charge is -2.12. The second-order valence-corrected chi connectivity index (χ2v) is 8.84. The third-order valence-corrected chi connectivity index (χ3v) is 5.95. The maximum atomic E-state index is 12.9. The van der Waals surface area contributed by atoms with Crippen molar-refractivity contribution in [2.75, 3.05) is 12.4 Å². The number of carbonyl (C=O) groups is 1. The van der Waals surface area contributed by atoms with E-state index >= 15 is 0 Å². The van der Waals surface area contributed by atoms with Gasteiger partial charge in [-0.25, -0.2) is 4.98 Å². The number of nitrogens with zero attached hydrogens (tertiary/aromatic N) is 1. The standard InChI is InChI=1S/C26H18BrN3O3S/c1-32-23-13-16-6-3-2-5-15(16)12-20(23)24(31)30-26(34)28-19-9-10-22-21(14-19)29-25(33-22)17-7-4-8-18(27)11-17/h2-14H,1H3,(H2,28,30,31,34). The number of ether oxygens (including phenoxy) is 1. The van der Waals surface area contributed by atoms with E-state index in [9.17, 15) is 4.79 Å². The molecule has 0 fully saturated rings. The molecule has 5 aromatic rings. The van der Waals surface area contributed by atoms with Crippen LogP contribution in [0.1, 0.15) is 10.4 Å². The molecule has 0 unspecified atom stereocenters. The minimum atomic E-state index is -0.362. The lowest BCUT2D eigenvalue weighted by atomic mass is 10.1. The van der Waals surface area contributed by atoms with Gasteiger partial charge in [0.15, 0.2) is 10.7 Å². The molecule has 1 heterocycles. The molecule has 168 valence electrons.